The van der Waals surface area contributed by atoms with E-state index in [-0.39, 0.29) is 6.61 Å². The van der Waals surface area contributed by atoms with Crippen molar-refractivity contribution >= 4 is 23.3 Å². The number of hydrogen-bond donors (Lipinski definition) is 1. The maximum absolute atomic E-state index is 8.00. The Morgan fingerprint density at radius 1 is 1.21 bits per heavy atom. The number of allylic oxidation sites excluding steroid dienone is 6. The van der Waals surface area contributed by atoms with E-state index in [2.05, 4.69) is 59.9 Å². The summed E-state index contributed by atoms with van der Waals surface area (Å²) < 4.78 is 13.8. The van der Waals surface area contributed by atoms with Gasteiger partial charge in [-0.25, -0.2) is 4.98 Å². The number of benzene rings is 1. The summed E-state index contributed by atoms with van der Waals surface area (Å²) in [5.74, 6) is 1.47. The van der Waals surface area contributed by atoms with Gasteiger partial charge in [0.2, 0.25) is 5.89 Å². The van der Waals surface area contributed by atoms with Crippen LogP contribution in [0.1, 0.15) is 58.7 Å². The minimum atomic E-state index is 0.250. The number of ether oxygens (including phenoxy) is 1. The number of carbonyl (C=O) groups is 1. The molecular weight excluding hydrogens is 416 g/mol. The van der Waals surface area contributed by atoms with Gasteiger partial charge in [-0.05, 0) is 57.5 Å². The molecule has 3 aromatic rings. The summed E-state index contributed by atoms with van der Waals surface area (Å²) in [4.78, 5) is 12.5. The van der Waals surface area contributed by atoms with Crippen molar-refractivity contribution in [1.29, 1.82) is 0 Å². The lowest BCUT2D eigenvalue weighted by Gasteiger charge is -2.10. The third-order valence-electron chi connectivity index (χ3n) is 4.43. The lowest BCUT2D eigenvalue weighted by Crippen LogP contribution is -1.98. The molecule has 6 heteroatoms. The standard InChI is InChI=1S/C22H22N2O2.C2H6O.C2H6.CH2O/c1-16(2)24-12-11-18-13-20(9-10-21(18)24)25-14-19-15-26-22(23-19)17-7-5-3-4-6-8-17;1-2-3;2*1-2/h3-5,7-13,15-16H,6,14H2,1-2H3;3H,2H2,1H3;1-2H3;1H2. The van der Waals surface area contributed by atoms with Crippen LogP contribution in [0.15, 0.2) is 71.5 Å². The molecule has 2 heterocycles. The molecule has 2 aromatic heterocycles. The van der Waals surface area contributed by atoms with E-state index in [1.165, 1.54) is 10.9 Å². The van der Waals surface area contributed by atoms with Crippen LogP contribution in [0.5, 0.6) is 5.75 Å². The predicted molar refractivity (Wildman–Crippen MR) is 135 cm³/mol. The Morgan fingerprint density at radius 3 is 2.64 bits per heavy atom. The van der Waals surface area contributed by atoms with Crippen LogP contribution in [0.3, 0.4) is 0 Å². The molecule has 0 fully saturated rings. The van der Waals surface area contributed by atoms with E-state index in [1.807, 2.05) is 44.9 Å². The topological polar surface area (TPSA) is 77.5 Å². The summed E-state index contributed by atoms with van der Waals surface area (Å²) in [6, 6.07) is 8.74. The van der Waals surface area contributed by atoms with Gasteiger partial charge in [-0.15, -0.1) is 0 Å². The monoisotopic (exact) mass is 452 g/mol. The highest BCUT2D eigenvalue weighted by Crippen LogP contribution is 2.25. The highest BCUT2D eigenvalue weighted by Gasteiger charge is 2.09. The van der Waals surface area contributed by atoms with Gasteiger partial charge < -0.3 is 23.6 Å². The first-order valence-corrected chi connectivity index (χ1v) is 11.2. The van der Waals surface area contributed by atoms with E-state index in [1.54, 1.807) is 13.2 Å². The number of oxazole rings is 1. The molecule has 0 saturated carbocycles. The summed E-state index contributed by atoms with van der Waals surface area (Å²) in [5, 5.41) is 8.75. The Balaban J connectivity index is 0.000000705. The minimum Gasteiger partial charge on any atom is -0.487 e. The van der Waals surface area contributed by atoms with E-state index in [0.29, 0.717) is 18.5 Å². The zero-order chi connectivity index (χ0) is 24.6. The number of aliphatic hydroxyl groups excluding tert-OH is 1. The Labute approximate surface area is 196 Å². The van der Waals surface area contributed by atoms with Crippen molar-refractivity contribution in [3.8, 4) is 5.75 Å². The van der Waals surface area contributed by atoms with Crippen molar-refractivity contribution in [2.24, 2.45) is 0 Å². The van der Waals surface area contributed by atoms with Gasteiger partial charge in [0.05, 0.1) is 0 Å². The first kappa shape index (κ1) is 27.7. The largest absolute Gasteiger partial charge is 0.487 e. The maximum Gasteiger partial charge on any atom is 0.225 e. The first-order chi connectivity index (χ1) is 16.1. The van der Waals surface area contributed by atoms with Crippen molar-refractivity contribution in [3.05, 3.63) is 78.7 Å². The average molecular weight is 453 g/mol. The summed E-state index contributed by atoms with van der Waals surface area (Å²) >= 11 is 0. The van der Waals surface area contributed by atoms with Crippen molar-refractivity contribution in [3.63, 3.8) is 0 Å². The van der Waals surface area contributed by atoms with Crippen LogP contribution in [0.2, 0.25) is 0 Å². The molecule has 1 aliphatic carbocycles. The Hall–Kier alpha value is -3.38. The molecule has 1 N–H and O–H groups in total. The minimum absolute atomic E-state index is 0.250. The van der Waals surface area contributed by atoms with Crippen molar-refractivity contribution < 1.29 is 19.1 Å². The molecule has 0 saturated heterocycles. The molecule has 0 radical (unpaired) electrons. The summed E-state index contributed by atoms with van der Waals surface area (Å²) in [5.41, 5.74) is 3.00. The number of rotatable bonds is 5. The van der Waals surface area contributed by atoms with E-state index >= 15 is 0 Å². The maximum atomic E-state index is 8.00. The van der Waals surface area contributed by atoms with Crippen molar-refractivity contribution in [2.75, 3.05) is 6.61 Å². The van der Waals surface area contributed by atoms with Gasteiger partial charge in [0.25, 0.3) is 0 Å². The molecule has 0 unspecified atom stereocenters. The Morgan fingerprint density at radius 2 is 1.94 bits per heavy atom. The zero-order valence-corrected chi connectivity index (χ0v) is 20.3. The number of fused-ring (bicyclic) bond motifs is 1. The number of nitrogens with zero attached hydrogens (tertiary/aromatic N) is 2. The molecule has 1 aliphatic rings. The fraction of sp³-hybridized carbons (Fsp3) is 0.333. The predicted octanol–water partition coefficient (Wildman–Crippen LogP) is 6.53. The Kier molecular flexibility index (Phi) is 12.9. The van der Waals surface area contributed by atoms with Crippen molar-refractivity contribution in [2.45, 2.75) is 53.7 Å². The molecule has 0 bridgehead atoms. The van der Waals surface area contributed by atoms with E-state index in [0.717, 1.165) is 23.4 Å². The van der Waals surface area contributed by atoms with Gasteiger partial charge in [-0.1, -0.05) is 38.2 Å². The van der Waals surface area contributed by atoms with Gasteiger partial charge in [-0.3, -0.25) is 0 Å². The van der Waals surface area contributed by atoms with E-state index < -0.39 is 0 Å². The second-order valence-corrected chi connectivity index (χ2v) is 6.97. The number of carbonyl (C=O) groups excluding carboxylic acids is 1. The van der Waals surface area contributed by atoms with Gasteiger partial charge >= 0.3 is 0 Å². The highest BCUT2D eigenvalue weighted by atomic mass is 16.5. The normalized spacial score (nSPS) is 11.9. The second kappa shape index (κ2) is 15.4. The number of aromatic nitrogens is 2. The second-order valence-electron chi connectivity index (χ2n) is 6.97. The SMILES string of the molecule is C=O.CC.CC(C)n1ccc2cc(OCc3coc(C4=CCC=CC=C4)n3)ccc21.CCO. The van der Waals surface area contributed by atoms with Crippen LogP contribution in [0, 0.1) is 0 Å². The first-order valence-electron chi connectivity index (χ1n) is 11.2. The molecule has 6 nitrogen and oxygen atoms in total. The molecule has 0 aliphatic heterocycles. The highest BCUT2D eigenvalue weighted by molar-refractivity contribution is 5.81. The summed E-state index contributed by atoms with van der Waals surface area (Å²) in [7, 11) is 0. The molecule has 0 spiro atoms. The van der Waals surface area contributed by atoms with Crippen LogP contribution in [-0.2, 0) is 11.4 Å². The van der Waals surface area contributed by atoms with Crippen LogP contribution < -0.4 is 4.74 Å². The summed E-state index contributed by atoms with van der Waals surface area (Å²) in [6.45, 7) is 12.7. The molecule has 178 valence electrons. The molecule has 4 rings (SSSR count). The lowest BCUT2D eigenvalue weighted by molar-refractivity contribution is -0.0980. The number of aliphatic hydroxyl groups is 1. The third kappa shape index (κ3) is 8.24. The lowest BCUT2D eigenvalue weighted by atomic mass is 10.2. The molecule has 1 aromatic carbocycles. The van der Waals surface area contributed by atoms with Gasteiger partial charge in [-0.2, -0.15) is 0 Å². The smallest absolute Gasteiger partial charge is 0.225 e. The fourth-order valence-electron chi connectivity index (χ4n) is 3.08. The molecule has 0 amide bonds. The quantitative estimate of drug-likeness (QED) is 0.476. The zero-order valence-electron chi connectivity index (χ0n) is 20.3. The average Bonchev–Trinajstić information content (AvgIpc) is 3.40. The van der Waals surface area contributed by atoms with Crippen LogP contribution in [0.25, 0.3) is 16.5 Å². The van der Waals surface area contributed by atoms with Crippen LogP contribution in [0.4, 0.5) is 0 Å². The van der Waals surface area contributed by atoms with Crippen LogP contribution in [-0.4, -0.2) is 28.1 Å². The molecule has 33 heavy (non-hydrogen) atoms. The molecular formula is C27H36N2O4. The van der Waals surface area contributed by atoms with E-state index in [9.17, 15) is 0 Å². The van der Waals surface area contributed by atoms with Crippen molar-refractivity contribution in [1.82, 2.24) is 9.55 Å². The summed E-state index contributed by atoms with van der Waals surface area (Å²) in [6.07, 6.45) is 14.9. The van der Waals surface area contributed by atoms with Gasteiger partial charge in [0.15, 0.2) is 0 Å². The Bertz CT molecular complexity index is 1040. The molecule has 0 atom stereocenters. The number of hydrogen-bond acceptors (Lipinski definition) is 5. The third-order valence-corrected chi connectivity index (χ3v) is 4.43. The van der Waals surface area contributed by atoms with Crippen LogP contribution >= 0.6 is 0 Å². The van der Waals surface area contributed by atoms with Gasteiger partial charge in [0, 0.05) is 35.3 Å². The van der Waals surface area contributed by atoms with Gasteiger partial charge in [0.1, 0.15) is 31.1 Å². The van der Waals surface area contributed by atoms with E-state index in [4.69, 9.17) is 19.1 Å². The fourth-order valence-corrected chi connectivity index (χ4v) is 3.08.